The minimum atomic E-state index is -0.356. The van der Waals surface area contributed by atoms with Crippen LogP contribution in [0, 0.1) is 0 Å². The lowest BCUT2D eigenvalue weighted by molar-refractivity contribution is 0.834. The minimum Gasteiger partial charge on any atom is -0.319 e. The number of alkyl halides is 1. The maximum Gasteiger partial charge on any atom is 0.0760 e. The standard InChI is InChI=1S/C20H16ClN3S/c21-11-14-10-15-17(25-14)12-24-20(13-6-2-1-3-7-13)18(15)19(22)16-8-4-5-9-23-16/h1-10,12,19H,11,22H2. The van der Waals surface area contributed by atoms with Crippen LogP contribution in [0.15, 0.2) is 67.0 Å². The predicted octanol–water partition coefficient (Wildman–Crippen LogP) is 5.15. The zero-order chi connectivity index (χ0) is 17.2. The van der Waals surface area contributed by atoms with E-state index in [2.05, 4.69) is 23.2 Å². The number of aromatic nitrogens is 2. The lowest BCUT2D eigenvalue weighted by Crippen LogP contribution is -2.15. The van der Waals surface area contributed by atoms with Gasteiger partial charge in [0.25, 0.3) is 0 Å². The fourth-order valence-corrected chi connectivity index (χ4v) is 4.14. The molecule has 4 rings (SSSR count). The van der Waals surface area contributed by atoms with Gasteiger partial charge in [-0.15, -0.1) is 22.9 Å². The van der Waals surface area contributed by atoms with E-state index in [0.29, 0.717) is 5.88 Å². The van der Waals surface area contributed by atoms with Crippen molar-refractivity contribution in [3.8, 4) is 11.3 Å². The molecule has 124 valence electrons. The Balaban J connectivity index is 1.99. The van der Waals surface area contributed by atoms with Crippen LogP contribution in [0.4, 0.5) is 0 Å². The number of pyridine rings is 2. The van der Waals surface area contributed by atoms with Gasteiger partial charge in [-0.25, -0.2) is 0 Å². The van der Waals surface area contributed by atoms with Crippen molar-refractivity contribution in [1.82, 2.24) is 9.97 Å². The van der Waals surface area contributed by atoms with Gasteiger partial charge >= 0.3 is 0 Å². The highest BCUT2D eigenvalue weighted by atomic mass is 35.5. The Kier molecular flexibility index (Phi) is 4.49. The highest BCUT2D eigenvalue weighted by molar-refractivity contribution is 7.19. The number of halogens is 1. The maximum absolute atomic E-state index is 6.64. The molecule has 1 unspecified atom stereocenters. The zero-order valence-electron chi connectivity index (χ0n) is 13.4. The summed E-state index contributed by atoms with van der Waals surface area (Å²) in [7, 11) is 0. The zero-order valence-corrected chi connectivity index (χ0v) is 15.0. The number of thiophene rings is 1. The molecular formula is C20H16ClN3S. The quantitative estimate of drug-likeness (QED) is 0.509. The van der Waals surface area contributed by atoms with Crippen molar-refractivity contribution in [2.45, 2.75) is 11.9 Å². The van der Waals surface area contributed by atoms with Gasteiger partial charge in [0, 0.05) is 33.8 Å². The number of hydrogen-bond donors (Lipinski definition) is 1. The first-order valence-electron chi connectivity index (χ1n) is 7.97. The van der Waals surface area contributed by atoms with Gasteiger partial charge in [0.2, 0.25) is 0 Å². The molecule has 3 aromatic heterocycles. The Hall–Kier alpha value is -2.27. The van der Waals surface area contributed by atoms with Crippen molar-refractivity contribution in [1.29, 1.82) is 0 Å². The number of rotatable bonds is 4. The van der Waals surface area contributed by atoms with Gasteiger partial charge < -0.3 is 5.73 Å². The Labute approximate surface area is 155 Å². The third-order valence-corrected chi connectivity index (χ3v) is 5.68. The smallest absolute Gasteiger partial charge is 0.0760 e. The molecule has 0 radical (unpaired) electrons. The van der Waals surface area contributed by atoms with E-state index >= 15 is 0 Å². The van der Waals surface area contributed by atoms with Crippen molar-refractivity contribution < 1.29 is 0 Å². The van der Waals surface area contributed by atoms with Crippen LogP contribution >= 0.6 is 22.9 Å². The number of hydrogen-bond acceptors (Lipinski definition) is 4. The van der Waals surface area contributed by atoms with Gasteiger partial charge in [-0.2, -0.15) is 0 Å². The van der Waals surface area contributed by atoms with Crippen molar-refractivity contribution in [2.75, 3.05) is 0 Å². The molecule has 1 atom stereocenters. The number of fused-ring (bicyclic) bond motifs is 1. The molecule has 0 aliphatic rings. The molecular weight excluding hydrogens is 350 g/mol. The summed E-state index contributed by atoms with van der Waals surface area (Å²) in [6, 6.07) is 17.7. The summed E-state index contributed by atoms with van der Waals surface area (Å²) in [4.78, 5) is 10.3. The van der Waals surface area contributed by atoms with Gasteiger partial charge in [0.15, 0.2) is 0 Å². The minimum absolute atomic E-state index is 0.356. The average molecular weight is 366 g/mol. The van der Waals surface area contributed by atoms with Gasteiger partial charge in [-0.3, -0.25) is 9.97 Å². The largest absolute Gasteiger partial charge is 0.319 e. The molecule has 0 fully saturated rings. The molecule has 0 aliphatic heterocycles. The van der Waals surface area contributed by atoms with Crippen molar-refractivity contribution in [3.05, 3.63) is 83.1 Å². The highest BCUT2D eigenvalue weighted by Gasteiger charge is 2.21. The first kappa shape index (κ1) is 16.2. The van der Waals surface area contributed by atoms with Gasteiger partial charge in [0.05, 0.1) is 28.0 Å². The molecule has 0 spiro atoms. The summed E-state index contributed by atoms with van der Waals surface area (Å²) in [5, 5.41) is 1.10. The van der Waals surface area contributed by atoms with Crippen molar-refractivity contribution in [3.63, 3.8) is 0 Å². The summed E-state index contributed by atoms with van der Waals surface area (Å²) in [6.07, 6.45) is 3.68. The molecule has 25 heavy (non-hydrogen) atoms. The second-order valence-corrected chi connectivity index (χ2v) is 7.18. The van der Waals surface area contributed by atoms with Crippen LogP contribution in [0.1, 0.15) is 22.2 Å². The van der Waals surface area contributed by atoms with E-state index in [1.54, 1.807) is 17.5 Å². The normalized spacial score (nSPS) is 12.4. The molecule has 5 heteroatoms. The number of nitrogens with two attached hydrogens (primary N) is 1. The average Bonchev–Trinajstić information content (AvgIpc) is 3.11. The van der Waals surface area contributed by atoms with Crippen LogP contribution in [0.3, 0.4) is 0 Å². The molecule has 1 aromatic carbocycles. The topological polar surface area (TPSA) is 51.8 Å². The maximum atomic E-state index is 6.64. The van der Waals surface area contributed by atoms with Crippen LogP contribution < -0.4 is 5.73 Å². The lowest BCUT2D eigenvalue weighted by atomic mass is 9.95. The van der Waals surface area contributed by atoms with Crippen LogP contribution in [0.25, 0.3) is 21.3 Å². The Morgan fingerprint density at radius 1 is 1.04 bits per heavy atom. The van der Waals surface area contributed by atoms with Crippen LogP contribution in [0.5, 0.6) is 0 Å². The van der Waals surface area contributed by atoms with E-state index in [0.717, 1.165) is 37.5 Å². The third-order valence-electron chi connectivity index (χ3n) is 4.16. The first-order valence-corrected chi connectivity index (χ1v) is 9.32. The van der Waals surface area contributed by atoms with E-state index in [1.165, 1.54) is 0 Å². The molecule has 4 aromatic rings. The SMILES string of the molecule is NC(c1ccccn1)c1c(-c2ccccc2)ncc2sc(CCl)cc12. The van der Waals surface area contributed by atoms with E-state index in [4.69, 9.17) is 22.3 Å². The molecule has 0 aliphatic carbocycles. The summed E-state index contributed by atoms with van der Waals surface area (Å²) < 4.78 is 1.09. The number of benzene rings is 1. The molecule has 0 bridgehead atoms. The predicted molar refractivity (Wildman–Crippen MR) is 105 cm³/mol. The highest BCUT2D eigenvalue weighted by Crippen LogP contribution is 2.38. The Bertz CT molecular complexity index is 1000. The molecule has 3 nitrogen and oxygen atoms in total. The Morgan fingerprint density at radius 3 is 2.56 bits per heavy atom. The van der Waals surface area contributed by atoms with Gasteiger partial charge in [-0.05, 0) is 18.2 Å². The van der Waals surface area contributed by atoms with E-state index in [1.807, 2.05) is 42.6 Å². The second kappa shape index (κ2) is 6.92. The lowest BCUT2D eigenvalue weighted by Gasteiger charge is -2.17. The van der Waals surface area contributed by atoms with Crippen molar-refractivity contribution >= 4 is 33.0 Å². The summed E-state index contributed by atoms with van der Waals surface area (Å²) in [5.41, 5.74) is 10.4. The molecule has 2 N–H and O–H groups in total. The Morgan fingerprint density at radius 2 is 1.84 bits per heavy atom. The fourth-order valence-electron chi connectivity index (χ4n) is 3.00. The summed E-state index contributed by atoms with van der Waals surface area (Å²) in [5.74, 6) is 0.484. The first-order chi connectivity index (χ1) is 12.3. The van der Waals surface area contributed by atoms with E-state index in [-0.39, 0.29) is 6.04 Å². The van der Waals surface area contributed by atoms with Crippen molar-refractivity contribution in [2.24, 2.45) is 5.73 Å². The van der Waals surface area contributed by atoms with Gasteiger partial charge in [-0.1, -0.05) is 36.4 Å². The fraction of sp³-hybridized carbons (Fsp3) is 0.100. The summed E-state index contributed by atoms with van der Waals surface area (Å²) in [6.45, 7) is 0. The van der Waals surface area contributed by atoms with Crippen LogP contribution in [0.2, 0.25) is 0 Å². The van der Waals surface area contributed by atoms with Crippen LogP contribution in [-0.4, -0.2) is 9.97 Å². The number of nitrogens with zero attached hydrogens (tertiary/aromatic N) is 2. The monoisotopic (exact) mass is 365 g/mol. The van der Waals surface area contributed by atoms with Gasteiger partial charge in [0.1, 0.15) is 0 Å². The third kappa shape index (κ3) is 3.04. The summed E-state index contributed by atoms with van der Waals surface area (Å²) >= 11 is 7.71. The molecule has 0 amide bonds. The molecule has 3 heterocycles. The molecule has 0 saturated carbocycles. The van der Waals surface area contributed by atoms with E-state index < -0.39 is 0 Å². The molecule has 0 saturated heterocycles. The second-order valence-electron chi connectivity index (χ2n) is 5.74. The van der Waals surface area contributed by atoms with E-state index in [9.17, 15) is 0 Å². The van der Waals surface area contributed by atoms with Crippen LogP contribution in [-0.2, 0) is 5.88 Å².